The van der Waals surface area contributed by atoms with Gasteiger partial charge >= 0.3 is 5.97 Å². The van der Waals surface area contributed by atoms with Crippen molar-refractivity contribution in [3.05, 3.63) is 28.2 Å². The van der Waals surface area contributed by atoms with E-state index in [4.69, 9.17) is 0 Å². The highest BCUT2D eigenvalue weighted by molar-refractivity contribution is 9.10. The minimum Gasteiger partial charge on any atom is -0.468 e. The Labute approximate surface area is 115 Å². The van der Waals surface area contributed by atoms with Crippen molar-refractivity contribution in [1.29, 1.82) is 5.26 Å². The van der Waals surface area contributed by atoms with E-state index >= 15 is 0 Å². The zero-order chi connectivity index (χ0) is 13.5. The molecule has 0 N–H and O–H groups in total. The van der Waals surface area contributed by atoms with E-state index in [0.29, 0.717) is 12.1 Å². The summed E-state index contributed by atoms with van der Waals surface area (Å²) in [5, 5.41) is 9.18. The largest absolute Gasteiger partial charge is 0.468 e. The number of ether oxygens (including phenoxy) is 1. The first-order chi connectivity index (χ1) is 8.63. The average molecular weight is 311 g/mol. The molecule has 1 aromatic rings. The molecule has 4 nitrogen and oxygen atoms in total. The number of halogens is 1. The minimum absolute atomic E-state index is 0.148. The molecule has 0 bridgehead atoms. The van der Waals surface area contributed by atoms with Crippen LogP contribution < -0.4 is 4.90 Å². The molecule has 1 aromatic carbocycles. The Morgan fingerprint density at radius 3 is 2.83 bits per heavy atom. The molecule has 0 atom stereocenters. The predicted molar refractivity (Wildman–Crippen MR) is 73.4 cm³/mol. The molecule has 18 heavy (non-hydrogen) atoms. The van der Waals surface area contributed by atoms with E-state index in [1.165, 1.54) is 7.11 Å². The van der Waals surface area contributed by atoms with Gasteiger partial charge in [-0.1, -0.05) is 13.0 Å². The number of nitrogens with zero attached hydrogens (tertiary/aromatic N) is 2. The smallest absolute Gasteiger partial charge is 0.325 e. The van der Waals surface area contributed by atoms with E-state index < -0.39 is 0 Å². The summed E-state index contributed by atoms with van der Waals surface area (Å²) in [6.45, 7) is 2.87. The topological polar surface area (TPSA) is 53.3 Å². The lowest BCUT2D eigenvalue weighted by molar-refractivity contribution is -0.138. The Kier molecular flexibility index (Phi) is 5.66. The van der Waals surface area contributed by atoms with Gasteiger partial charge in [0.25, 0.3) is 0 Å². The Morgan fingerprint density at radius 2 is 2.28 bits per heavy atom. The number of carbonyl (C=O) groups is 1. The zero-order valence-corrected chi connectivity index (χ0v) is 12.0. The molecule has 0 fully saturated rings. The molecule has 0 amide bonds. The Balaban J connectivity index is 3.09. The fraction of sp³-hybridized carbons (Fsp3) is 0.385. The monoisotopic (exact) mass is 310 g/mol. The van der Waals surface area contributed by atoms with Gasteiger partial charge in [0, 0.05) is 11.0 Å². The van der Waals surface area contributed by atoms with Crippen molar-refractivity contribution in [3.63, 3.8) is 0 Å². The van der Waals surface area contributed by atoms with Crippen molar-refractivity contribution < 1.29 is 9.53 Å². The molecular formula is C13H15BrN2O2. The summed E-state index contributed by atoms with van der Waals surface area (Å²) in [5.41, 5.74) is 1.29. The maximum atomic E-state index is 11.4. The van der Waals surface area contributed by atoms with Gasteiger partial charge in [-0.05, 0) is 34.5 Å². The van der Waals surface area contributed by atoms with E-state index in [0.717, 1.165) is 16.6 Å². The standard InChI is InChI=1S/C13H15BrN2O2/c1-3-7-16(9-13(17)18-2)12-6-4-5-11(14)10(12)8-15/h4-6H,3,7,9H2,1-2H3. The van der Waals surface area contributed by atoms with Gasteiger partial charge in [-0.15, -0.1) is 0 Å². The second-order valence-corrected chi connectivity index (χ2v) is 4.60. The Morgan fingerprint density at radius 1 is 1.56 bits per heavy atom. The minimum atomic E-state index is -0.313. The first-order valence-electron chi connectivity index (χ1n) is 5.64. The van der Waals surface area contributed by atoms with Gasteiger partial charge in [-0.3, -0.25) is 4.79 Å². The molecule has 0 heterocycles. The number of nitriles is 1. The number of hydrogen-bond acceptors (Lipinski definition) is 4. The lowest BCUT2D eigenvalue weighted by atomic mass is 10.1. The van der Waals surface area contributed by atoms with Crippen molar-refractivity contribution in [2.24, 2.45) is 0 Å². The van der Waals surface area contributed by atoms with Crippen molar-refractivity contribution in [1.82, 2.24) is 0 Å². The van der Waals surface area contributed by atoms with Gasteiger partial charge in [0.2, 0.25) is 0 Å². The molecule has 0 unspecified atom stereocenters. The molecule has 0 radical (unpaired) electrons. The fourth-order valence-corrected chi connectivity index (χ4v) is 2.11. The number of anilines is 1. The molecule has 0 aliphatic rings. The quantitative estimate of drug-likeness (QED) is 0.785. The number of carbonyl (C=O) groups excluding carboxylic acids is 1. The molecular weight excluding hydrogens is 296 g/mol. The van der Waals surface area contributed by atoms with E-state index in [2.05, 4.69) is 26.7 Å². The van der Waals surface area contributed by atoms with E-state index in [1.807, 2.05) is 30.0 Å². The highest BCUT2D eigenvalue weighted by Crippen LogP contribution is 2.27. The third kappa shape index (κ3) is 3.47. The van der Waals surface area contributed by atoms with Crippen LogP contribution in [0.25, 0.3) is 0 Å². The lowest BCUT2D eigenvalue weighted by Crippen LogP contribution is -2.31. The first-order valence-corrected chi connectivity index (χ1v) is 6.43. The van der Waals surface area contributed by atoms with Crippen molar-refractivity contribution in [3.8, 4) is 6.07 Å². The van der Waals surface area contributed by atoms with Gasteiger partial charge in [-0.2, -0.15) is 5.26 Å². The van der Waals surface area contributed by atoms with Crippen LogP contribution in [0.2, 0.25) is 0 Å². The maximum Gasteiger partial charge on any atom is 0.325 e. The third-order valence-corrected chi connectivity index (χ3v) is 3.15. The van der Waals surface area contributed by atoms with Crippen LogP contribution in [0.4, 0.5) is 5.69 Å². The molecule has 0 aliphatic heterocycles. The lowest BCUT2D eigenvalue weighted by Gasteiger charge is -2.24. The second-order valence-electron chi connectivity index (χ2n) is 3.74. The number of methoxy groups -OCH3 is 1. The summed E-state index contributed by atoms with van der Waals surface area (Å²) < 4.78 is 5.41. The highest BCUT2D eigenvalue weighted by atomic mass is 79.9. The van der Waals surface area contributed by atoms with Crippen LogP contribution in [-0.4, -0.2) is 26.2 Å². The maximum absolute atomic E-state index is 11.4. The fourth-order valence-electron chi connectivity index (χ4n) is 1.66. The molecule has 0 aliphatic carbocycles. The Hall–Kier alpha value is -1.54. The summed E-state index contributed by atoms with van der Waals surface area (Å²) in [4.78, 5) is 13.3. The van der Waals surface area contributed by atoms with Gasteiger partial charge in [0.1, 0.15) is 12.6 Å². The van der Waals surface area contributed by atoms with Crippen LogP contribution in [0.1, 0.15) is 18.9 Å². The second kappa shape index (κ2) is 7.02. The van der Waals surface area contributed by atoms with Crippen molar-refractivity contribution in [2.45, 2.75) is 13.3 Å². The van der Waals surface area contributed by atoms with Crippen LogP contribution in [0.3, 0.4) is 0 Å². The summed E-state index contributed by atoms with van der Waals surface area (Å²) in [5.74, 6) is -0.313. The summed E-state index contributed by atoms with van der Waals surface area (Å²) in [6, 6.07) is 7.65. The average Bonchev–Trinajstić information content (AvgIpc) is 2.37. The molecule has 0 aromatic heterocycles. The summed E-state index contributed by atoms with van der Waals surface area (Å²) in [6.07, 6.45) is 0.883. The molecule has 1 rings (SSSR count). The van der Waals surface area contributed by atoms with Crippen LogP contribution >= 0.6 is 15.9 Å². The molecule has 0 spiro atoms. The third-order valence-electron chi connectivity index (χ3n) is 2.49. The number of benzene rings is 1. The van der Waals surface area contributed by atoms with Gasteiger partial charge in [0.05, 0.1) is 18.4 Å². The van der Waals surface area contributed by atoms with Crippen molar-refractivity contribution >= 4 is 27.6 Å². The number of esters is 1. The van der Waals surface area contributed by atoms with Gasteiger partial charge in [-0.25, -0.2) is 0 Å². The predicted octanol–water partition coefficient (Wildman–Crippen LogP) is 2.71. The normalized spacial score (nSPS) is 9.67. The molecule has 96 valence electrons. The highest BCUT2D eigenvalue weighted by Gasteiger charge is 2.16. The van der Waals surface area contributed by atoms with E-state index in [-0.39, 0.29) is 12.5 Å². The summed E-state index contributed by atoms with van der Waals surface area (Å²) >= 11 is 3.34. The Bertz CT molecular complexity index is 469. The molecule has 5 heteroatoms. The van der Waals surface area contributed by atoms with Crippen LogP contribution in [0, 0.1) is 11.3 Å². The zero-order valence-electron chi connectivity index (χ0n) is 10.4. The van der Waals surface area contributed by atoms with Crippen molar-refractivity contribution in [2.75, 3.05) is 25.1 Å². The molecule has 0 saturated heterocycles. The first kappa shape index (κ1) is 14.5. The van der Waals surface area contributed by atoms with Crippen LogP contribution in [0.5, 0.6) is 0 Å². The van der Waals surface area contributed by atoms with Crippen LogP contribution in [-0.2, 0) is 9.53 Å². The number of hydrogen-bond donors (Lipinski definition) is 0. The van der Waals surface area contributed by atoms with Gasteiger partial charge in [0.15, 0.2) is 0 Å². The van der Waals surface area contributed by atoms with Gasteiger partial charge < -0.3 is 9.64 Å². The SMILES string of the molecule is CCCN(CC(=O)OC)c1cccc(Br)c1C#N. The summed E-state index contributed by atoms with van der Waals surface area (Å²) in [7, 11) is 1.36. The van der Waals surface area contributed by atoms with E-state index in [1.54, 1.807) is 0 Å². The number of rotatable bonds is 5. The van der Waals surface area contributed by atoms with E-state index in [9.17, 15) is 10.1 Å². The molecule has 0 saturated carbocycles. The van der Waals surface area contributed by atoms with Crippen LogP contribution in [0.15, 0.2) is 22.7 Å².